The standard InChI is InChI=1S/C8H12F5N2/c9-7(10,11)8(12,13)15-4-1-14(2-5-15)3-6-15/h1-6H2/q+1. The Bertz CT molecular complexity index is 240. The number of halogens is 5. The molecule has 0 aromatic rings. The van der Waals surface area contributed by atoms with Gasteiger partial charge in [-0.1, -0.05) is 0 Å². The molecule has 0 aliphatic carbocycles. The molecule has 3 fully saturated rings. The van der Waals surface area contributed by atoms with Gasteiger partial charge in [0.2, 0.25) is 0 Å². The van der Waals surface area contributed by atoms with Crippen LogP contribution in [0.15, 0.2) is 0 Å². The van der Waals surface area contributed by atoms with Crippen molar-refractivity contribution in [2.45, 2.75) is 12.2 Å². The average molecular weight is 231 g/mol. The lowest BCUT2D eigenvalue weighted by molar-refractivity contribution is -1.03. The van der Waals surface area contributed by atoms with Crippen LogP contribution in [0.5, 0.6) is 0 Å². The predicted octanol–water partition coefficient (Wildman–Crippen LogP) is 1.29. The Morgan fingerprint density at radius 2 is 1.20 bits per heavy atom. The maximum Gasteiger partial charge on any atom is 0.515 e. The second-order valence-electron chi connectivity index (χ2n) is 4.20. The number of hydrogen-bond acceptors (Lipinski definition) is 1. The van der Waals surface area contributed by atoms with E-state index >= 15 is 0 Å². The van der Waals surface area contributed by atoms with Crippen molar-refractivity contribution in [1.29, 1.82) is 0 Å². The molecule has 3 heterocycles. The third-order valence-corrected chi connectivity index (χ3v) is 3.47. The van der Waals surface area contributed by atoms with Crippen LogP contribution < -0.4 is 0 Å². The highest BCUT2D eigenvalue weighted by molar-refractivity contribution is 4.77. The van der Waals surface area contributed by atoms with Crippen LogP contribution in [0.25, 0.3) is 0 Å². The molecule has 0 radical (unpaired) electrons. The number of hydrogen-bond donors (Lipinski definition) is 0. The average Bonchev–Trinajstić information content (AvgIpc) is 2.19. The second kappa shape index (κ2) is 3.04. The summed E-state index contributed by atoms with van der Waals surface area (Å²) in [5, 5.41) is 0. The van der Waals surface area contributed by atoms with E-state index < -0.39 is 16.7 Å². The largest absolute Gasteiger partial charge is 0.515 e. The summed E-state index contributed by atoms with van der Waals surface area (Å²) in [6.45, 7) is 0.703. The number of quaternary nitrogens is 1. The Kier molecular flexibility index (Phi) is 2.24. The Labute approximate surface area is 83.8 Å². The highest BCUT2D eigenvalue weighted by atomic mass is 19.4. The van der Waals surface area contributed by atoms with Gasteiger partial charge in [0.1, 0.15) is 0 Å². The number of alkyl halides is 5. The first-order valence-corrected chi connectivity index (χ1v) is 4.82. The normalized spacial score (nSPS) is 37.0. The molecule has 15 heavy (non-hydrogen) atoms. The van der Waals surface area contributed by atoms with Gasteiger partial charge >= 0.3 is 12.2 Å². The molecule has 0 saturated carbocycles. The number of nitrogens with zero attached hydrogens (tertiary/aromatic N) is 2. The van der Waals surface area contributed by atoms with Gasteiger partial charge in [0, 0.05) is 19.6 Å². The van der Waals surface area contributed by atoms with E-state index in [1.807, 2.05) is 4.90 Å². The fraction of sp³-hybridized carbons (Fsp3) is 1.00. The monoisotopic (exact) mass is 231 g/mol. The summed E-state index contributed by atoms with van der Waals surface area (Å²) in [7, 11) is 0. The van der Waals surface area contributed by atoms with Crippen LogP contribution in [-0.4, -0.2) is 60.9 Å². The topological polar surface area (TPSA) is 3.24 Å². The molecular weight excluding hydrogens is 219 g/mol. The quantitative estimate of drug-likeness (QED) is 0.373. The van der Waals surface area contributed by atoms with Gasteiger partial charge in [-0.3, -0.25) is 9.38 Å². The van der Waals surface area contributed by atoms with Gasteiger partial charge in [-0.25, -0.2) is 0 Å². The van der Waals surface area contributed by atoms with E-state index in [0.717, 1.165) is 0 Å². The smallest absolute Gasteiger partial charge is 0.287 e. The van der Waals surface area contributed by atoms with Crippen LogP contribution in [-0.2, 0) is 0 Å². The minimum Gasteiger partial charge on any atom is -0.287 e. The van der Waals surface area contributed by atoms with Crippen molar-refractivity contribution in [2.75, 3.05) is 39.3 Å². The fourth-order valence-corrected chi connectivity index (χ4v) is 2.36. The van der Waals surface area contributed by atoms with Gasteiger partial charge in [-0.2, -0.15) is 13.2 Å². The first kappa shape index (κ1) is 11.1. The maximum absolute atomic E-state index is 13.3. The minimum absolute atomic E-state index is 0.105. The molecule has 0 spiro atoms. The molecule has 3 saturated heterocycles. The summed E-state index contributed by atoms with van der Waals surface area (Å²) in [6, 6.07) is -4.60. The summed E-state index contributed by atoms with van der Waals surface area (Å²) in [6.07, 6.45) is -5.44. The van der Waals surface area contributed by atoms with E-state index in [2.05, 4.69) is 0 Å². The Morgan fingerprint density at radius 3 is 1.53 bits per heavy atom. The van der Waals surface area contributed by atoms with Crippen molar-refractivity contribution in [1.82, 2.24) is 4.90 Å². The third kappa shape index (κ3) is 1.44. The molecule has 0 aromatic heterocycles. The first-order valence-electron chi connectivity index (χ1n) is 4.82. The van der Waals surface area contributed by atoms with Crippen LogP contribution in [0, 0.1) is 0 Å². The molecule has 3 aliphatic rings. The zero-order chi connectivity index (χ0) is 11.3. The van der Waals surface area contributed by atoms with E-state index in [9.17, 15) is 22.0 Å². The van der Waals surface area contributed by atoms with Gasteiger partial charge in [-0.05, 0) is 0 Å². The van der Waals surface area contributed by atoms with E-state index in [1.54, 1.807) is 0 Å². The van der Waals surface area contributed by atoms with E-state index in [-0.39, 0.29) is 19.6 Å². The molecule has 0 atom stereocenters. The van der Waals surface area contributed by atoms with E-state index in [0.29, 0.717) is 19.6 Å². The van der Waals surface area contributed by atoms with E-state index in [4.69, 9.17) is 0 Å². The second-order valence-corrected chi connectivity index (χ2v) is 4.20. The summed E-state index contributed by atoms with van der Waals surface area (Å²) in [4.78, 5) is 1.92. The van der Waals surface area contributed by atoms with E-state index in [1.165, 1.54) is 0 Å². The highest BCUT2D eigenvalue weighted by Crippen LogP contribution is 2.45. The van der Waals surface area contributed by atoms with Gasteiger partial charge < -0.3 is 0 Å². The molecule has 3 aliphatic heterocycles. The van der Waals surface area contributed by atoms with Crippen molar-refractivity contribution in [3.63, 3.8) is 0 Å². The van der Waals surface area contributed by atoms with Crippen molar-refractivity contribution in [2.24, 2.45) is 0 Å². The van der Waals surface area contributed by atoms with Crippen molar-refractivity contribution < 1.29 is 26.4 Å². The lowest BCUT2D eigenvalue weighted by Gasteiger charge is -2.52. The van der Waals surface area contributed by atoms with Gasteiger partial charge in [0.05, 0.1) is 19.6 Å². The molecule has 0 aromatic carbocycles. The lowest BCUT2D eigenvalue weighted by Crippen LogP contribution is -2.76. The molecule has 3 rings (SSSR count). The summed E-state index contributed by atoms with van der Waals surface area (Å²) in [5.41, 5.74) is 0. The Hall–Kier alpha value is -0.430. The minimum atomic E-state index is -5.44. The van der Waals surface area contributed by atoms with Crippen LogP contribution in [0.3, 0.4) is 0 Å². The fourth-order valence-electron chi connectivity index (χ4n) is 2.36. The SMILES string of the molecule is FC(F)(F)C(F)(F)[N+]12CCN(CC1)CC2. The molecule has 2 nitrogen and oxygen atoms in total. The van der Waals surface area contributed by atoms with Crippen molar-refractivity contribution in [3.05, 3.63) is 0 Å². The highest BCUT2D eigenvalue weighted by Gasteiger charge is 2.73. The molecule has 0 amide bonds. The van der Waals surface area contributed by atoms with Gasteiger partial charge in [0.15, 0.2) is 0 Å². The van der Waals surface area contributed by atoms with Crippen LogP contribution in [0.1, 0.15) is 0 Å². The Morgan fingerprint density at radius 1 is 0.800 bits per heavy atom. The van der Waals surface area contributed by atoms with Crippen LogP contribution >= 0.6 is 0 Å². The zero-order valence-electron chi connectivity index (χ0n) is 8.03. The number of fused-ring (bicyclic) bond motifs is 3. The number of rotatable bonds is 1. The van der Waals surface area contributed by atoms with Gasteiger partial charge in [-0.15, -0.1) is 8.78 Å². The first-order chi connectivity index (χ1) is 6.79. The number of piperazine rings is 3. The predicted molar refractivity (Wildman–Crippen MR) is 42.3 cm³/mol. The summed E-state index contributed by atoms with van der Waals surface area (Å²) in [5.74, 6) is 0. The lowest BCUT2D eigenvalue weighted by atomic mass is 10.1. The molecule has 2 bridgehead atoms. The van der Waals surface area contributed by atoms with Gasteiger partial charge in [0.25, 0.3) is 0 Å². The third-order valence-electron chi connectivity index (χ3n) is 3.47. The van der Waals surface area contributed by atoms with Crippen LogP contribution in [0.4, 0.5) is 22.0 Å². The van der Waals surface area contributed by atoms with Crippen molar-refractivity contribution in [3.8, 4) is 0 Å². The summed E-state index contributed by atoms with van der Waals surface area (Å²) < 4.78 is 62.4. The zero-order valence-corrected chi connectivity index (χ0v) is 8.03. The Balaban J connectivity index is 2.28. The molecular formula is C8H12F5N2+. The summed E-state index contributed by atoms with van der Waals surface area (Å²) >= 11 is 0. The molecule has 88 valence electrons. The van der Waals surface area contributed by atoms with Crippen molar-refractivity contribution >= 4 is 0 Å². The maximum atomic E-state index is 13.3. The molecule has 0 N–H and O–H groups in total. The molecule has 0 unspecified atom stereocenters. The molecule has 7 heteroatoms. The van der Waals surface area contributed by atoms with Crippen LogP contribution in [0.2, 0.25) is 0 Å².